The zero-order valence-electron chi connectivity index (χ0n) is 11.8. The van der Waals surface area contributed by atoms with Crippen molar-refractivity contribution in [3.05, 3.63) is 52.5 Å². The Kier molecular flexibility index (Phi) is 4.68. The second kappa shape index (κ2) is 6.57. The average molecular weight is 374 g/mol. The van der Waals surface area contributed by atoms with Gasteiger partial charge in [0.25, 0.3) is 0 Å². The third-order valence-electron chi connectivity index (χ3n) is 3.25. The van der Waals surface area contributed by atoms with Gasteiger partial charge < -0.3 is 9.47 Å². The van der Waals surface area contributed by atoms with Crippen molar-refractivity contribution in [2.24, 2.45) is 0 Å². The van der Waals surface area contributed by atoms with E-state index in [1.807, 2.05) is 12.1 Å². The van der Waals surface area contributed by atoms with Crippen LogP contribution in [0.5, 0.6) is 11.5 Å². The molecule has 0 bridgehead atoms. The summed E-state index contributed by atoms with van der Waals surface area (Å²) in [6.07, 6.45) is -0.433. The molecule has 1 heterocycles. The lowest BCUT2D eigenvalue weighted by Gasteiger charge is -2.26. The molecule has 2 aromatic rings. The van der Waals surface area contributed by atoms with Crippen molar-refractivity contribution in [3.63, 3.8) is 0 Å². The van der Waals surface area contributed by atoms with E-state index in [1.165, 1.54) is 18.2 Å². The summed E-state index contributed by atoms with van der Waals surface area (Å²) < 4.78 is 38.4. The maximum atomic E-state index is 12.3. The molecule has 0 amide bonds. The smallest absolute Gasteiger partial charge is 0.242 e. The van der Waals surface area contributed by atoms with E-state index >= 15 is 0 Å². The molecule has 8 heteroatoms. The first-order valence-corrected chi connectivity index (χ1v) is 9.03. The third kappa shape index (κ3) is 3.72. The summed E-state index contributed by atoms with van der Waals surface area (Å²) in [6, 6.07) is 11.5. The van der Waals surface area contributed by atoms with Crippen molar-refractivity contribution in [1.29, 1.82) is 0 Å². The maximum Gasteiger partial charge on any atom is 0.242 e. The van der Waals surface area contributed by atoms with Crippen LogP contribution in [0.4, 0.5) is 0 Å². The van der Waals surface area contributed by atoms with Crippen LogP contribution < -0.4 is 14.2 Å². The molecule has 0 fully saturated rings. The van der Waals surface area contributed by atoms with Crippen LogP contribution in [-0.4, -0.2) is 27.7 Å². The summed E-state index contributed by atoms with van der Waals surface area (Å²) in [7, 11) is -3.79. The highest BCUT2D eigenvalue weighted by Gasteiger charge is 2.24. The van der Waals surface area contributed by atoms with Crippen molar-refractivity contribution >= 4 is 33.2 Å². The Labute approximate surface area is 144 Å². The van der Waals surface area contributed by atoms with Crippen molar-refractivity contribution in [2.75, 3.05) is 13.2 Å². The van der Waals surface area contributed by atoms with Crippen LogP contribution in [0.1, 0.15) is 0 Å². The number of ether oxygens (including phenoxy) is 2. The summed E-state index contributed by atoms with van der Waals surface area (Å²) in [5, 5.41) is 0.397. The van der Waals surface area contributed by atoms with Crippen LogP contribution in [0, 0.1) is 0 Å². The van der Waals surface area contributed by atoms with Crippen LogP contribution >= 0.6 is 23.2 Å². The minimum Gasteiger partial charge on any atom is -0.486 e. The van der Waals surface area contributed by atoms with E-state index in [-0.39, 0.29) is 23.1 Å². The fraction of sp³-hybridized carbons (Fsp3) is 0.200. The maximum absolute atomic E-state index is 12.3. The third-order valence-corrected chi connectivity index (χ3v) is 5.39. The van der Waals surface area contributed by atoms with Gasteiger partial charge in [0.2, 0.25) is 10.0 Å². The largest absolute Gasteiger partial charge is 0.486 e. The molecule has 5 nitrogen and oxygen atoms in total. The Morgan fingerprint density at radius 2 is 1.87 bits per heavy atom. The van der Waals surface area contributed by atoms with Crippen molar-refractivity contribution < 1.29 is 17.9 Å². The average Bonchev–Trinajstić information content (AvgIpc) is 2.55. The summed E-state index contributed by atoms with van der Waals surface area (Å²) in [6.45, 7) is 0.308. The summed E-state index contributed by atoms with van der Waals surface area (Å²) in [5.41, 5.74) is 0. The second-order valence-corrected chi connectivity index (χ2v) is 7.50. The first kappa shape index (κ1) is 16.4. The molecule has 23 heavy (non-hydrogen) atoms. The highest BCUT2D eigenvalue weighted by Crippen LogP contribution is 2.31. The predicted octanol–water partition coefficient (Wildman–Crippen LogP) is 3.11. The minimum atomic E-state index is -3.79. The Morgan fingerprint density at radius 1 is 1.13 bits per heavy atom. The van der Waals surface area contributed by atoms with Crippen LogP contribution in [0.25, 0.3) is 0 Å². The number of benzene rings is 2. The Balaban J connectivity index is 1.70. The highest BCUT2D eigenvalue weighted by molar-refractivity contribution is 7.89. The van der Waals surface area contributed by atoms with Crippen LogP contribution in [0.15, 0.2) is 47.4 Å². The van der Waals surface area contributed by atoms with Gasteiger partial charge in [-0.2, -0.15) is 0 Å². The molecule has 1 atom stereocenters. The quantitative estimate of drug-likeness (QED) is 0.893. The lowest BCUT2D eigenvalue weighted by Crippen LogP contribution is -2.40. The van der Waals surface area contributed by atoms with Crippen molar-refractivity contribution in [2.45, 2.75) is 11.0 Å². The Bertz CT molecular complexity index is 826. The lowest BCUT2D eigenvalue weighted by molar-refractivity contribution is 0.0943. The topological polar surface area (TPSA) is 64.6 Å². The van der Waals surface area contributed by atoms with Crippen molar-refractivity contribution in [3.8, 4) is 11.5 Å². The van der Waals surface area contributed by atoms with Gasteiger partial charge in [-0.15, -0.1) is 0 Å². The molecule has 0 spiro atoms. The van der Waals surface area contributed by atoms with Gasteiger partial charge in [-0.25, -0.2) is 13.1 Å². The Morgan fingerprint density at radius 3 is 2.65 bits per heavy atom. The number of halogens is 2. The number of fused-ring (bicyclic) bond motifs is 1. The van der Waals surface area contributed by atoms with E-state index in [0.717, 1.165) is 0 Å². The fourth-order valence-corrected chi connectivity index (χ4v) is 3.95. The molecule has 1 aliphatic rings. The zero-order chi connectivity index (χ0) is 16.4. The fourth-order valence-electron chi connectivity index (χ4n) is 2.13. The first-order valence-electron chi connectivity index (χ1n) is 6.79. The molecule has 3 rings (SSSR count). The zero-order valence-corrected chi connectivity index (χ0v) is 14.2. The van der Waals surface area contributed by atoms with Crippen LogP contribution in [-0.2, 0) is 10.0 Å². The molecule has 2 aromatic carbocycles. The standard InChI is InChI=1S/C15H13Cl2NO4S/c16-10-5-6-12(17)15(7-10)23(19,20)18-8-11-9-21-13-3-1-2-4-14(13)22-11/h1-7,11,18H,8-9H2. The number of nitrogens with one attached hydrogen (secondary N) is 1. The Hall–Kier alpha value is -1.47. The summed E-state index contributed by atoms with van der Waals surface area (Å²) in [4.78, 5) is -0.0659. The molecule has 0 saturated heterocycles. The van der Waals surface area contributed by atoms with Crippen LogP contribution in [0.3, 0.4) is 0 Å². The van der Waals surface area contributed by atoms with Gasteiger partial charge in [0.1, 0.15) is 17.6 Å². The number of hydrogen-bond acceptors (Lipinski definition) is 4. The van der Waals surface area contributed by atoms with Crippen molar-refractivity contribution in [1.82, 2.24) is 4.72 Å². The van der Waals surface area contributed by atoms with Gasteiger partial charge in [-0.1, -0.05) is 35.3 Å². The van der Waals surface area contributed by atoms with Gasteiger partial charge in [-0.3, -0.25) is 0 Å². The van der Waals surface area contributed by atoms with E-state index < -0.39 is 16.1 Å². The van der Waals surface area contributed by atoms with Gasteiger partial charge in [0.15, 0.2) is 11.5 Å². The molecule has 0 saturated carbocycles. The molecule has 122 valence electrons. The monoisotopic (exact) mass is 373 g/mol. The number of hydrogen-bond donors (Lipinski definition) is 1. The molecule has 1 unspecified atom stereocenters. The van der Waals surface area contributed by atoms with E-state index in [2.05, 4.69) is 4.72 Å². The first-order chi connectivity index (χ1) is 11.0. The van der Waals surface area contributed by atoms with Gasteiger partial charge in [0.05, 0.1) is 11.6 Å². The van der Waals surface area contributed by atoms with Gasteiger partial charge in [-0.05, 0) is 30.3 Å². The molecule has 0 aromatic heterocycles. The highest BCUT2D eigenvalue weighted by atomic mass is 35.5. The molecule has 1 N–H and O–H groups in total. The number of rotatable bonds is 4. The molecular formula is C15H13Cl2NO4S. The SMILES string of the molecule is O=S(=O)(NCC1COc2ccccc2O1)c1cc(Cl)ccc1Cl. The molecular weight excluding hydrogens is 361 g/mol. The van der Waals surface area contributed by atoms with E-state index in [0.29, 0.717) is 16.5 Å². The summed E-state index contributed by atoms with van der Waals surface area (Å²) in [5.74, 6) is 1.23. The number of sulfonamides is 1. The van der Waals surface area contributed by atoms with Gasteiger partial charge >= 0.3 is 0 Å². The number of para-hydroxylation sites is 2. The molecule has 0 aliphatic carbocycles. The predicted molar refractivity (Wildman–Crippen MR) is 88.0 cm³/mol. The molecule has 1 aliphatic heterocycles. The van der Waals surface area contributed by atoms with Gasteiger partial charge in [0, 0.05) is 5.02 Å². The van der Waals surface area contributed by atoms with E-state index in [1.54, 1.807) is 12.1 Å². The van der Waals surface area contributed by atoms with E-state index in [9.17, 15) is 8.42 Å². The molecule has 0 radical (unpaired) electrons. The lowest BCUT2D eigenvalue weighted by atomic mass is 10.2. The minimum absolute atomic E-state index is 0.0551. The summed E-state index contributed by atoms with van der Waals surface area (Å²) >= 11 is 11.8. The van der Waals surface area contributed by atoms with E-state index in [4.69, 9.17) is 32.7 Å². The van der Waals surface area contributed by atoms with Crippen LogP contribution in [0.2, 0.25) is 10.0 Å². The second-order valence-electron chi connectivity index (χ2n) is 4.92. The normalized spacial score (nSPS) is 17.0.